The summed E-state index contributed by atoms with van der Waals surface area (Å²) in [6, 6.07) is 25.8. The highest BCUT2D eigenvalue weighted by Gasteiger charge is 2.61. The Balaban J connectivity index is 0.000000241. The number of carboxylic acid groups (broad SMARTS) is 2. The molecule has 20 heteroatoms. The van der Waals surface area contributed by atoms with Gasteiger partial charge in [-0.15, -0.1) is 0 Å². The Morgan fingerprint density at radius 3 is 1.19 bits per heavy atom. The molecule has 0 aromatic heterocycles. The first kappa shape index (κ1) is 64.5. The van der Waals surface area contributed by atoms with E-state index in [1.54, 1.807) is 0 Å². The highest BCUT2D eigenvalue weighted by atomic mass is 35.5. The van der Waals surface area contributed by atoms with Crippen molar-refractivity contribution in [2.45, 2.75) is 103 Å². The third-order valence-corrected chi connectivity index (χ3v) is 16.5. The number of benzene rings is 6. The monoisotopic (exact) mass is 1230 g/mol. The molecule has 6 aromatic carbocycles. The Morgan fingerprint density at radius 2 is 0.893 bits per heavy atom. The molecule has 10 nitrogen and oxygen atoms in total. The van der Waals surface area contributed by atoms with E-state index in [9.17, 15) is 38.5 Å². The fourth-order valence-electron chi connectivity index (χ4n) is 12.0. The molecule has 84 heavy (non-hydrogen) atoms. The van der Waals surface area contributed by atoms with Crippen LogP contribution in [0, 0.1) is 80.2 Å². The Hall–Kier alpha value is -7.08. The number of amides is 2. The molecular formula is C64H58Cl4F6N4O6. The van der Waals surface area contributed by atoms with Crippen molar-refractivity contribution in [2.75, 3.05) is 13.1 Å². The number of carbonyl (C=O) groups is 4. The van der Waals surface area contributed by atoms with E-state index >= 15 is 17.6 Å². The Labute approximate surface area is 503 Å². The molecule has 0 bridgehead atoms. The largest absolute Gasteiger partial charge is 0.478 e. The van der Waals surface area contributed by atoms with Crippen LogP contribution in [-0.4, -0.2) is 56.9 Å². The van der Waals surface area contributed by atoms with Gasteiger partial charge < -0.3 is 20.0 Å². The molecule has 6 atom stereocenters. The molecule has 0 aliphatic carbocycles. The number of aryl methyl sites for hydroxylation is 2. The van der Waals surface area contributed by atoms with Crippen molar-refractivity contribution in [1.29, 1.82) is 10.5 Å². The SMILES string of the molecule is CC(C)(C)C[C@@H]1CN(C(=O)CCc2ccc(C(=O)O)c(F)c2)[C@H](c2cccc(Cl)c2F)[C@@]1(C#N)c1ccc(Cl)cc1F.CC(C)(C)C[C@H]1CN(C(=O)CCc2ccc(C(=O)O)c(F)c2)[C@@H](c2cccc(Cl)c2F)[C@]1(C#N)c1ccc(Cl)cc1F. The van der Waals surface area contributed by atoms with Gasteiger partial charge in [0.05, 0.1) is 45.4 Å². The first-order valence-electron chi connectivity index (χ1n) is 26.6. The molecule has 2 N–H and O–H groups in total. The van der Waals surface area contributed by atoms with Crippen LogP contribution in [0.15, 0.2) is 109 Å². The van der Waals surface area contributed by atoms with Crippen LogP contribution in [0.4, 0.5) is 26.3 Å². The highest BCUT2D eigenvalue weighted by Crippen LogP contribution is 2.58. The predicted molar refractivity (Wildman–Crippen MR) is 308 cm³/mol. The number of hydrogen-bond acceptors (Lipinski definition) is 6. The standard InChI is InChI=1S/2C32H29Cl2F3N2O3/c2*1-31(2,3)15-19-16-39(27(40)12-8-18-7-10-21(30(41)42)25(35)13-18)29(22-5-4-6-24(34)28(22)37)32(19,17-38)23-11-9-20(33)14-26(23)36/h2*4-7,9-11,13-14,19,29H,8,12,15-16H2,1-3H3,(H,41,42)/t2*19-,29-,32-/m10/s1. The first-order chi connectivity index (χ1) is 39.4. The minimum absolute atomic E-state index is 0.00495. The third kappa shape index (κ3) is 13.4. The quantitative estimate of drug-likeness (QED) is 0.102. The van der Waals surface area contributed by atoms with E-state index in [2.05, 4.69) is 12.1 Å². The molecule has 440 valence electrons. The van der Waals surface area contributed by atoms with E-state index < -0.39 is 105 Å². The van der Waals surface area contributed by atoms with Crippen LogP contribution in [0.25, 0.3) is 0 Å². The molecule has 2 fully saturated rings. The number of nitrogens with zero attached hydrogens (tertiary/aromatic N) is 4. The van der Waals surface area contributed by atoms with Crippen LogP contribution >= 0.6 is 46.4 Å². The molecule has 0 radical (unpaired) electrons. The Morgan fingerprint density at radius 1 is 0.536 bits per heavy atom. The number of nitriles is 2. The molecule has 2 saturated heterocycles. The topological polar surface area (TPSA) is 163 Å². The summed E-state index contributed by atoms with van der Waals surface area (Å²) in [5, 5.41) is 39.8. The van der Waals surface area contributed by atoms with Gasteiger partial charge in [0.1, 0.15) is 45.7 Å². The second kappa shape index (κ2) is 25.6. The second-order valence-corrected chi connectivity index (χ2v) is 25.2. The molecule has 0 saturated carbocycles. The summed E-state index contributed by atoms with van der Waals surface area (Å²) in [5.41, 5.74) is -4.40. The lowest BCUT2D eigenvalue weighted by atomic mass is 9.63. The minimum Gasteiger partial charge on any atom is -0.478 e. The first-order valence-corrected chi connectivity index (χ1v) is 28.1. The fourth-order valence-corrected chi connectivity index (χ4v) is 12.7. The zero-order valence-electron chi connectivity index (χ0n) is 46.5. The average molecular weight is 1230 g/mol. The van der Waals surface area contributed by atoms with Gasteiger partial charge in [-0.25, -0.2) is 35.9 Å². The number of carboxylic acids is 2. The van der Waals surface area contributed by atoms with Crippen molar-refractivity contribution in [3.05, 3.63) is 209 Å². The number of carbonyl (C=O) groups excluding carboxylic acids is 2. The van der Waals surface area contributed by atoms with E-state index in [4.69, 9.17) is 56.6 Å². The zero-order chi connectivity index (χ0) is 62.0. The maximum atomic E-state index is 15.7. The Bertz CT molecular complexity index is 3400. The lowest BCUT2D eigenvalue weighted by Gasteiger charge is -2.38. The number of halogens is 10. The average Bonchev–Trinajstić information content (AvgIpc) is 1.72. The fraction of sp³-hybridized carbons (Fsp3) is 0.344. The number of likely N-dealkylation sites (tertiary alicyclic amines) is 2. The van der Waals surface area contributed by atoms with Crippen molar-refractivity contribution < 1.29 is 55.7 Å². The third-order valence-electron chi connectivity index (χ3n) is 15.4. The second-order valence-electron chi connectivity index (χ2n) is 23.6. The summed E-state index contributed by atoms with van der Waals surface area (Å²) >= 11 is 24.4. The van der Waals surface area contributed by atoms with Crippen molar-refractivity contribution in [3.8, 4) is 12.1 Å². The van der Waals surface area contributed by atoms with Crippen LogP contribution in [0.3, 0.4) is 0 Å². The molecule has 2 amide bonds. The van der Waals surface area contributed by atoms with Gasteiger partial charge in [0.25, 0.3) is 0 Å². The van der Waals surface area contributed by atoms with E-state index in [0.717, 1.165) is 36.4 Å². The maximum Gasteiger partial charge on any atom is 0.338 e. The molecule has 6 aromatic rings. The van der Waals surface area contributed by atoms with E-state index in [1.165, 1.54) is 82.6 Å². The summed E-state index contributed by atoms with van der Waals surface area (Å²) in [7, 11) is 0. The van der Waals surface area contributed by atoms with Crippen molar-refractivity contribution in [2.24, 2.45) is 22.7 Å². The van der Waals surface area contributed by atoms with Gasteiger partial charge in [0.2, 0.25) is 11.8 Å². The van der Waals surface area contributed by atoms with Gasteiger partial charge in [-0.1, -0.05) is 136 Å². The summed E-state index contributed by atoms with van der Waals surface area (Å²) in [6.07, 6.45) is 0.583. The predicted octanol–water partition coefficient (Wildman–Crippen LogP) is 16.3. The van der Waals surface area contributed by atoms with Gasteiger partial charge in [-0.05, 0) is 108 Å². The van der Waals surface area contributed by atoms with Crippen molar-refractivity contribution in [1.82, 2.24) is 9.80 Å². The lowest BCUT2D eigenvalue weighted by molar-refractivity contribution is -0.133. The molecule has 2 heterocycles. The van der Waals surface area contributed by atoms with E-state index in [1.807, 2.05) is 41.5 Å². The highest BCUT2D eigenvalue weighted by molar-refractivity contribution is 6.31. The minimum atomic E-state index is -1.71. The van der Waals surface area contributed by atoms with Crippen LogP contribution < -0.4 is 0 Å². The maximum absolute atomic E-state index is 15.7. The summed E-state index contributed by atoms with van der Waals surface area (Å²) < 4.78 is 91.4. The molecular weight excluding hydrogens is 1180 g/mol. The van der Waals surface area contributed by atoms with Crippen LogP contribution in [0.2, 0.25) is 20.1 Å². The van der Waals surface area contributed by atoms with E-state index in [0.29, 0.717) is 24.0 Å². The van der Waals surface area contributed by atoms with Gasteiger partial charge in [0, 0.05) is 70.1 Å². The van der Waals surface area contributed by atoms with Gasteiger partial charge in [-0.2, -0.15) is 10.5 Å². The summed E-state index contributed by atoms with van der Waals surface area (Å²) in [4.78, 5) is 52.9. The van der Waals surface area contributed by atoms with Gasteiger partial charge >= 0.3 is 11.9 Å². The number of hydrogen-bond donors (Lipinski definition) is 2. The van der Waals surface area contributed by atoms with Crippen LogP contribution in [-0.2, 0) is 33.3 Å². The molecule has 2 aliphatic heterocycles. The normalized spacial score (nSPS) is 20.4. The van der Waals surface area contributed by atoms with Crippen molar-refractivity contribution in [3.63, 3.8) is 0 Å². The van der Waals surface area contributed by atoms with Gasteiger partial charge in [0.15, 0.2) is 0 Å². The molecule has 0 spiro atoms. The lowest BCUT2D eigenvalue weighted by Crippen LogP contribution is -2.41. The number of rotatable bonds is 14. The van der Waals surface area contributed by atoms with Crippen LogP contribution in [0.1, 0.15) is 133 Å². The van der Waals surface area contributed by atoms with Crippen LogP contribution in [0.5, 0.6) is 0 Å². The summed E-state index contributed by atoms with van der Waals surface area (Å²) in [5.74, 6) is -9.99. The summed E-state index contributed by atoms with van der Waals surface area (Å²) in [6.45, 7) is 11.8. The molecule has 8 rings (SSSR count). The Kier molecular flexibility index (Phi) is 19.7. The smallest absolute Gasteiger partial charge is 0.338 e. The zero-order valence-corrected chi connectivity index (χ0v) is 49.5. The van der Waals surface area contributed by atoms with E-state index in [-0.39, 0.29) is 91.9 Å². The molecule has 0 unspecified atom stereocenters. The van der Waals surface area contributed by atoms with Crippen molar-refractivity contribution >= 4 is 70.2 Å². The molecule has 2 aliphatic rings. The number of aromatic carboxylic acids is 2. The van der Waals surface area contributed by atoms with Gasteiger partial charge in [-0.3, -0.25) is 9.59 Å².